The van der Waals surface area contributed by atoms with E-state index in [2.05, 4.69) is 6.58 Å². The average Bonchev–Trinajstić information content (AvgIpc) is 2.62. The molecule has 0 radical (unpaired) electrons. The minimum atomic E-state index is -5.12. The highest BCUT2D eigenvalue weighted by Crippen LogP contribution is 2.42. The lowest BCUT2D eigenvalue weighted by Crippen LogP contribution is -2.20. The van der Waals surface area contributed by atoms with E-state index in [1.165, 1.54) is 0 Å². The molecule has 0 amide bonds. The number of hydrogen-bond donors (Lipinski definition) is 1. The van der Waals surface area contributed by atoms with Gasteiger partial charge in [-0.25, -0.2) is 13.2 Å². The van der Waals surface area contributed by atoms with Crippen LogP contribution < -0.4 is 0 Å². The van der Waals surface area contributed by atoms with Crippen LogP contribution in [-0.2, 0) is 12.1 Å². The zero-order valence-electron chi connectivity index (χ0n) is 16.1. The van der Waals surface area contributed by atoms with Gasteiger partial charge < -0.3 is 5.11 Å². The minimum Gasteiger partial charge on any atom is -0.508 e. The fourth-order valence-corrected chi connectivity index (χ4v) is 3.24. The van der Waals surface area contributed by atoms with Crippen LogP contribution in [0.1, 0.15) is 40.7 Å². The van der Waals surface area contributed by atoms with E-state index in [1.54, 1.807) is 0 Å². The van der Waals surface area contributed by atoms with Gasteiger partial charge in [-0.2, -0.15) is 26.3 Å². The maximum absolute atomic E-state index is 14.6. The normalized spacial score (nSPS) is 14.4. The fraction of sp³-hybridized carbons (Fsp3) is 0.238. The van der Waals surface area contributed by atoms with Gasteiger partial charge in [0.05, 0.1) is 10.6 Å². The number of aliphatic hydroxyl groups is 1. The maximum Gasteiger partial charge on any atom is 0.417 e. The number of halogens is 10. The molecule has 1 N–H and O–H groups in total. The van der Waals surface area contributed by atoms with Gasteiger partial charge in [-0.1, -0.05) is 36.4 Å². The molecule has 0 aliphatic heterocycles. The molecule has 2 rings (SSSR count). The molecule has 1 atom stereocenters. The molecule has 0 spiro atoms. The van der Waals surface area contributed by atoms with E-state index in [0.717, 1.165) is 6.07 Å². The van der Waals surface area contributed by atoms with Crippen molar-refractivity contribution in [1.29, 1.82) is 0 Å². The Labute approximate surface area is 181 Å². The molecule has 0 fully saturated rings. The predicted octanol–water partition coefficient (Wildman–Crippen LogP) is 8.66. The van der Waals surface area contributed by atoms with Gasteiger partial charge in [-0.05, 0) is 29.8 Å². The summed E-state index contributed by atoms with van der Waals surface area (Å²) in [5, 5.41) is 8.59. The van der Waals surface area contributed by atoms with Crippen LogP contribution in [0.3, 0.4) is 0 Å². The molecule has 2 aromatic rings. The van der Waals surface area contributed by atoms with Gasteiger partial charge >= 0.3 is 12.4 Å². The van der Waals surface area contributed by atoms with Crippen LogP contribution in [-0.4, -0.2) is 11.3 Å². The highest BCUT2D eigenvalue weighted by molar-refractivity contribution is 6.31. The van der Waals surface area contributed by atoms with Crippen molar-refractivity contribution in [3.63, 3.8) is 0 Å². The third-order valence-corrected chi connectivity index (χ3v) is 4.72. The molecule has 2 aromatic carbocycles. The van der Waals surface area contributed by atoms with Gasteiger partial charge in [0.1, 0.15) is 17.5 Å². The van der Waals surface area contributed by atoms with Gasteiger partial charge in [-0.15, -0.1) is 0 Å². The molecule has 0 heterocycles. The number of aliphatic hydroxyl groups excluding tert-OH is 1. The molecule has 0 saturated carbocycles. The molecule has 0 bridgehead atoms. The third-order valence-electron chi connectivity index (χ3n) is 4.40. The topological polar surface area (TPSA) is 20.2 Å². The van der Waals surface area contributed by atoms with Crippen LogP contribution in [0.4, 0.5) is 39.5 Å². The molecule has 1 nitrogen and oxygen atoms in total. The summed E-state index contributed by atoms with van der Waals surface area (Å²) in [6.45, 7) is 3.44. The Balaban J connectivity index is 2.59. The summed E-state index contributed by atoms with van der Waals surface area (Å²) in [5.41, 5.74) is -4.57. The van der Waals surface area contributed by atoms with Crippen molar-refractivity contribution in [3.05, 3.63) is 81.9 Å². The first-order valence-corrected chi connectivity index (χ1v) is 9.02. The summed E-state index contributed by atoms with van der Waals surface area (Å²) >= 11 is 5.66. The van der Waals surface area contributed by atoms with E-state index in [0.29, 0.717) is 31.2 Å². The Morgan fingerprint density at radius 1 is 0.969 bits per heavy atom. The van der Waals surface area contributed by atoms with Crippen LogP contribution >= 0.6 is 11.6 Å². The highest BCUT2D eigenvalue weighted by atomic mass is 35.5. The van der Waals surface area contributed by atoms with Gasteiger partial charge in [0.25, 0.3) is 5.92 Å². The third kappa shape index (κ3) is 5.79. The molecule has 0 aromatic heterocycles. The zero-order chi connectivity index (χ0) is 24.6. The Kier molecular flexibility index (Phi) is 6.99. The van der Waals surface area contributed by atoms with E-state index in [4.69, 9.17) is 11.6 Å². The van der Waals surface area contributed by atoms with Crippen molar-refractivity contribution in [2.75, 3.05) is 0 Å². The summed E-state index contributed by atoms with van der Waals surface area (Å²) in [6, 6.07) is 3.55. The molecule has 32 heavy (non-hydrogen) atoms. The molecule has 1 unspecified atom stereocenters. The summed E-state index contributed by atoms with van der Waals surface area (Å²) in [6.07, 6.45) is -10.2. The van der Waals surface area contributed by atoms with Crippen molar-refractivity contribution in [2.45, 2.75) is 31.1 Å². The Morgan fingerprint density at radius 2 is 1.56 bits per heavy atom. The number of benzene rings is 2. The quantitative estimate of drug-likeness (QED) is 0.330. The summed E-state index contributed by atoms with van der Waals surface area (Å²) < 4.78 is 122. The number of hydrogen-bond acceptors (Lipinski definition) is 1. The summed E-state index contributed by atoms with van der Waals surface area (Å²) in [7, 11) is 0. The van der Waals surface area contributed by atoms with Crippen LogP contribution in [0.25, 0.3) is 11.6 Å². The summed E-state index contributed by atoms with van der Waals surface area (Å²) in [5.74, 6) is -8.77. The van der Waals surface area contributed by atoms with Crippen LogP contribution in [0.15, 0.2) is 49.1 Å². The van der Waals surface area contributed by atoms with Crippen molar-refractivity contribution < 1.29 is 44.6 Å². The van der Waals surface area contributed by atoms with Gasteiger partial charge in [0.15, 0.2) is 0 Å². The van der Waals surface area contributed by atoms with Gasteiger partial charge in [0, 0.05) is 23.6 Å². The van der Waals surface area contributed by atoms with Crippen molar-refractivity contribution in [3.8, 4) is 0 Å². The van der Waals surface area contributed by atoms with Crippen LogP contribution in [0, 0.1) is 0 Å². The van der Waals surface area contributed by atoms with Crippen molar-refractivity contribution in [2.24, 2.45) is 0 Å². The zero-order valence-corrected chi connectivity index (χ0v) is 16.8. The van der Waals surface area contributed by atoms with E-state index in [1.807, 2.05) is 0 Å². The van der Waals surface area contributed by atoms with Gasteiger partial charge in [0.2, 0.25) is 0 Å². The van der Waals surface area contributed by atoms with E-state index >= 15 is 0 Å². The Hall–Kier alpha value is -2.62. The molecular formula is C21H14ClF9O. The maximum atomic E-state index is 14.6. The second kappa shape index (κ2) is 8.73. The van der Waals surface area contributed by atoms with E-state index in [-0.39, 0.29) is 12.1 Å². The summed E-state index contributed by atoms with van der Waals surface area (Å²) in [4.78, 5) is 0. The second-order valence-corrected chi connectivity index (χ2v) is 7.27. The lowest BCUT2D eigenvalue weighted by molar-refractivity contribution is -0.140. The molecule has 11 heteroatoms. The minimum absolute atomic E-state index is 0.0123. The average molecular weight is 489 g/mol. The monoisotopic (exact) mass is 488 g/mol. The van der Waals surface area contributed by atoms with Crippen LogP contribution in [0.2, 0.25) is 5.02 Å². The lowest BCUT2D eigenvalue weighted by Gasteiger charge is -2.20. The lowest BCUT2D eigenvalue weighted by atomic mass is 9.94. The fourth-order valence-electron chi connectivity index (χ4n) is 2.88. The number of rotatable bonds is 5. The molecule has 0 aliphatic rings. The molecular weight excluding hydrogens is 475 g/mol. The molecule has 174 valence electrons. The Bertz CT molecular complexity index is 1050. The first-order chi connectivity index (χ1) is 14.4. The Morgan fingerprint density at radius 3 is 2.00 bits per heavy atom. The smallest absolute Gasteiger partial charge is 0.417 e. The first kappa shape index (κ1) is 25.6. The van der Waals surface area contributed by atoms with E-state index < -0.39 is 68.6 Å². The van der Waals surface area contributed by atoms with Crippen LogP contribution in [0.5, 0.6) is 0 Å². The second-order valence-electron chi connectivity index (χ2n) is 6.87. The SMILES string of the molecule is C=C(O)c1ccc(/C(F)=C/C(c2ccc(C(C)(F)F)c(Cl)c2)C(F)(F)F)cc1C(F)(F)F. The first-order valence-electron chi connectivity index (χ1n) is 8.64. The number of allylic oxidation sites excluding steroid dienone is 1. The van der Waals surface area contributed by atoms with Crippen molar-refractivity contribution >= 4 is 23.2 Å². The highest BCUT2D eigenvalue weighted by Gasteiger charge is 2.41. The van der Waals surface area contributed by atoms with Crippen molar-refractivity contribution in [1.82, 2.24) is 0 Å². The van der Waals surface area contributed by atoms with Gasteiger partial charge in [-0.3, -0.25) is 0 Å². The molecule has 0 saturated heterocycles. The largest absolute Gasteiger partial charge is 0.508 e. The standard InChI is InChI=1S/C21H14ClF9O/c1-10(32)13-5-3-12(7-16(13)21(29,30)31)18(23)9-15(20(26,27)28)11-4-6-14(17(22)8-11)19(2,24)25/h3-9,15,32H,1H2,2H3/b18-9-. The van der Waals surface area contributed by atoms with E-state index in [9.17, 15) is 44.6 Å². The number of alkyl halides is 8. The predicted molar refractivity (Wildman–Crippen MR) is 102 cm³/mol. The molecule has 0 aliphatic carbocycles.